The lowest BCUT2D eigenvalue weighted by Crippen LogP contribution is -2.31. The Hall–Kier alpha value is -3.55. The normalized spacial score (nSPS) is 17.8. The summed E-state index contributed by atoms with van der Waals surface area (Å²) in [6.45, 7) is 7.24. The van der Waals surface area contributed by atoms with Crippen LogP contribution < -0.4 is 5.69 Å². The molecule has 1 fully saturated rings. The summed E-state index contributed by atoms with van der Waals surface area (Å²) in [5, 5.41) is 14.2. The smallest absolute Gasteiger partial charge is 0.296 e. The van der Waals surface area contributed by atoms with Crippen molar-refractivity contribution in [3.8, 4) is 22.5 Å². The minimum Gasteiger partial charge on any atom is -0.296 e. The molecule has 0 spiro atoms. The predicted octanol–water partition coefficient (Wildman–Crippen LogP) is 5.28. The number of aromatic amines is 1. The maximum Gasteiger partial charge on any atom is 0.328 e. The van der Waals surface area contributed by atoms with E-state index in [-0.39, 0.29) is 5.69 Å². The minimum absolute atomic E-state index is 0.102. The molecule has 8 heteroatoms. The van der Waals surface area contributed by atoms with Crippen LogP contribution in [-0.2, 0) is 13.0 Å². The van der Waals surface area contributed by atoms with Crippen LogP contribution in [0.25, 0.3) is 22.5 Å². The van der Waals surface area contributed by atoms with Gasteiger partial charge in [-0.05, 0) is 77.3 Å². The molecule has 36 heavy (non-hydrogen) atoms. The highest BCUT2D eigenvalue weighted by molar-refractivity contribution is 5.70. The van der Waals surface area contributed by atoms with E-state index in [4.69, 9.17) is 0 Å². The van der Waals surface area contributed by atoms with Crippen LogP contribution in [0, 0.1) is 11.8 Å². The van der Waals surface area contributed by atoms with Crippen molar-refractivity contribution in [1.29, 1.82) is 0 Å². The van der Waals surface area contributed by atoms with E-state index in [1.54, 1.807) is 0 Å². The van der Waals surface area contributed by atoms with Gasteiger partial charge in [-0.25, -0.2) is 9.89 Å². The predicted molar refractivity (Wildman–Crippen MR) is 140 cm³/mol. The van der Waals surface area contributed by atoms with Crippen LogP contribution in [0.15, 0.2) is 53.6 Å². The number of aryl methyl sites for hydroxylation is 1. The molecule has 0 saturated heterocycles. The number of hydrogen-bond donors (Lipinski definition) is 1. The van der Waals surface area contributed by atoms with Gasteiger partial charge < -0.3 is 0 Å². The van der Waals surface area contributed by atoms with Crippen molar-refractivity contribution in [2.45, 2.75) is 71.9 Å². The molecular weight excluding hydrogens is 450 g/mol. The van der Waals surface area contributed by atoms with E-state index in [2.05, 4.69) is 70.8 Å². The molecular formula is C28H35N7O. The summed E-state index contributed by atoms with van der Waals surface area (Å²) in [7, 11) is 0. The number of aromatic nitrogens is 7. The Balaban J connectivity index is 1.46. The lowest BCUT2D eigenvalue weighted by atomic mass is 9.91. The van der Waals surface area contributed by atoms with Crippen molar-refractivity contribution in [1.82, 2.24) is 34.7 Å². The molecule has 1 N–H and O–H groups in total. The number of pyridine rings is 1. The molecule has 2 atom stereocenters. The number of unbranched alkanes of at least 4 members (excludes halogenated alkanes) is 1. The first-order chi connectivity index (χ1) is 17.5. The fraction of sp³-hybridized carbons (Fsp3) is 0.464. The Bertz CT molecular complexity index is 1350. The van der Waals surface area contributed by atoms with Crippen LogP contribution >= 0.6 is 0 Å². The summed E-state index contributed by atoms with van der Waals surface area (Å²) in [6.07, 6.45) is 10.5. The average Bonchev–Trinajstić information content (AvgIpc) is 3.65. The van der Waals surface area contributed by atoms with Gasteiger partial charge in [-0.2, -0.15) is 0 Å². The van der Waals surface area contributed by atoms with E-state index in [0.717, 1.165) is 53.8 Å². The lowest BCUT2D eigenvalue weighted by molar-refractivity contribution is 0.288. The third kappa shape index (κ3) is 4.90. The van der Waals surface area contributed by atoms with Crippen molar-refractivity contribution in [2.24, 2.45) is 11.8 Å². The van der Waals surface area contributed by atoms with E-state index in [1.165, 1.54) is 12.8 Å². The van der Waals surface area contributed by atoms with Crippen LogP contribution in [0.2, 0.25) is 0 Å². The SMILES string of the molecule is CCCCc1cn(C2CCCC2C(C)C)c(=O)n1Cc1cc(-c2cccc(-c3nnn[nH]3)c2)ccn1. The molecule has 0 aliphatic heterocycles. The van der Waals surface area contributed by atoms with Crippen molar-refractivity contribution in [2.75, 3.05) is 0 Å². The van der Waals surface area contributed by atoms with Crippen molar-refractivity contribution >= 4 is 0 Å². The fourth-order valence-electron chi connectivity index (χ4n) is 5.64. The van der Waals surface area contributed by atoms with E-state index in [9.17, 15) is 4.79 Å². The molecule has 1 aliphatic rings. The number of benzene rings is 1. The van der Waals surface area contributed by atoms with Gasteiger partial charge in [0.05, 0.1) is 12.2 Å². The van der Waals surface area contributed by atoms with Crippen LogP contribution in [0.1, 0.15) is 70.3 Å². The van der Waals surface area contributed by atoms with Gasteiger partial charge in [0.2, 0.25) is 0 Å². The van der Waals surface area contributed by atoms with E-state index < -0.39 is 0 Å². The zero-order valence-electron chi connectivity index (χ0n) is 21.4. The minimum atomic E-state index is 0.102. The van der Waals surface area contributed by atoms with Crippen LogP contribution in [0.4, 0.5) is 0 Å². The van der Waals surface area contributed by atoms with Gasteiger partial charge in [0, 0.05) is 29.7 Å². The third-order valence-electron chi connectivity index (χ3n) is 7.57. The van der Waals surface area contributed by atoms with Crippen molar-refractivity contribution in [3.05, 3.63) is 70.7 Å². The van der Waals surface area contributed by atoms with E-state index >= 15 is 0 Å². The second kappa shape index (κ2) is 10.6. The maximum absolute atomic E-state index is 13.7. The Labute approximate surface area is 211 Å². The second-order valence-corrected chi connectivity index (χ2v) is 10.3. The first-order valence-corrected chi connectivity index (χ1v) is 13.1. The van der Waals surface area contributed by atoms with Crippen molar-refractivity contribution < 1.29 is 0 Å². The number of hydrogen-bond acceptors (Lipinski definition) is 5. The molecule has 3 aromatic heterocycles. The molecule has 1 saturated carbocycles. The largest absolute Gasteiger partial charge is 0.328 e. The molecule has 5 rings (SSSR count). The number of rotatable bonds is 9. The summed E-state index contributed by atoms with van der Waals surface area (Å²) < 4.78 is 4.00. The summed E-state index contributed by atoms with van der Waals surface area (Å²) in [5.74, 6) is 1.77. The van der Waals surface area contributed by atoms with Gasteiger partial charge in [-0.15, -0.1) is 5.10 Å². The maximum atomic E-state index is 13.7. The number of nitrogens with one attached hydrogen (secondary N) is 1. The van der Waals surface area contributed by atoms with Crippen molar-refractivity contribution in [3.63, 3.8) is 0 Å². The summed E-state index contributed by atoms with van der Waals surface area (Å²) in [5.41, 5.74) is 5.11. The van der Waals surface area contributed by atoms with E-state index in [1.807, 2.05) is 33.5 Å². The third-order valence-corrected chi connectivity index (χ3v) is 7.57. The van der Waals surface area contributed by atoms with Gasteiger partial charge in [0.15, 0.2) is 5.82 Å². The monoisotopic (exact) mass is 485 g/mol. The first-order valence-electron chi connectivity index (χ1n) is 13.1. The quantitative estimate of drug-likeness (QED) is 0.348. The van der Waals surface area contributed by atoms with Gasteiger partial charge in [0.1, 0.15) is 0 Å². The van der Waals surface area contributed by atoms with Gasteiger partial charge >= 0.3 is 5.69 Å². The molecule has 2 unspecified atom stereocenters. The molecule has 0 amide bonds. The molecule has 1 aliphatic carbocycles. The molecule has 3 heterocycles. The topological polar surface area (TPSA) is 94.3 Å². The zero-order chi connectivity index (χ0) is 25.1. The van der Waals surface area contributed by atoms with Gasteiger partial charge in [0.25, 0.3) is 0 Å². The Kier molecular flexibility index (Phi) is 7.11. The second-order valence-electron chi connectivity index (χ2n) is 10.3. The molecule has 8 nitrogen and oxygen atoms in total. The molecule has 4 aromatic rings. The van der Waals surface area contributed by atoms with Gasteiger partial charge in [-0.3, -0.25) is 14.1 Å². The standard InChI is InChI=1S/C28H35N7O/c1-4-5-10-24-18-35(26-12-7-11-25(26)19(2)3)28(36)34(24)17-23-16-21(13-14-29-23)20-8-6-9-22(15-20)27-30-32-33-31-27/h6,8-9,13-16,18-19,25-26H,4-5,7,10-12,17H2,1-3H3,(H,30,31,32,33). The summed E-state index contributed by atoms with van der Waals surface area (Å²) >= 11 is 0. The fourth-order valence-corrected chi connectivity index (χ4v) is 5.64. The molecule has 0 radical (unpaired) electrons. The highest BCUT2D eigenvalue weighted by Gasteiger charge is 2.32. The van der Waals surface area contributed by atoms with Crippen LogP contribution in [-0.4, -0.2) is 34.7 Å². The van der Waals surface area contributed by atoms with Gasteiger partial charge in [-0.1, -0.05) is 51.8 Å². The highest BCUT2D eigenvalue weighted by atomic mass is 16.1. The Morgan fingerprint density at radius 3 is 2.72 bits per heavy atom. The molecule has 1 aromatic carbocycles. The number of tetrazole rings is 1. The average molecular weight is 486 g/mol. The lowest BCUT2D eigenvalue weighted by Gasteiger charge is -2.23. The number of imidazole rings is 1. The molecule has 0 bridgehead atoms. The molecule has 188 valence electrons. The summed E-state index contributed by atoms with van der Waals surface area (Å²) in [6, 6.07) is 12.5. The summed E-state index contributed by atoms with van der Waals surface area (Å²) in [4.78, 5) is 18.4. The van der Waals surface area contributed by atoms with Crippen LogP contribution in [0.3, 0.4) is 0 Å². The Morgan fingerprint density at radius 1 is 1.11 bits per heavy atom. The number of nitrogens with zero attached hydrogens (tertiary/aromatic N) is 6. The van der Waals surface area contributed by atoms with E-state index in [0.29, 0.717) is 30.2 Å². The zero-order valence-corrected chi connectivity index (χ0v) is 21.4. The Morgan fingerprint density at radius 2 is 1.94 bits per heavy atom. The first kappa shape index (κ1) is 24.2. The van der Waals surface area contributed by atoms with Crippen LogP contribution in [0.5, 0.6) is 0 Å². The number of H-pyrrole nitrogens is 1. The highest BCUT2D eigenvalue weighted by Crippen LogP contribution is 2.39.